The van der Waals surface area contributed by atoms with Crippen LogP contribution in [0.2, 0.25) is 0 Å². The van der Waals surface area contributed by atoms with Crippen LogP contribution in [0, 0.1) is 5.92 Å². The van der Waals surface area contributed by atoms with Crippen LogP contribution in [-0.2, 0) is 14.3 Å². The van der Waals surface area contributed by atoms with E-state index in [4.69, 9.17) is 9.47 Å². The fraction of sp³-hybridized carbons (Fsp3) is 0.842. The van der Waals surface area contributed by atoms with Crippen LogP contribution in [0.15, 0.2) is 12.2 Å². The minimum Gasteiger partial charge on any atom is -0.455 e. The first-order valence-corrected chi connectivity index (χ1v) is 10.1. The maximum atomic E-state index is 12.3. The molecule has 2 aliphatic carbocycles. The molecule has 4 heteroatoms. The fourth-order valence-corrected chi connectivity index (χ4v) is 5.37. The number of rotatable bonds is 6. The molecule has 0 N–H and O–H groups in total. The molecule has 2 saturated carbocycles. The summed E-state index contributed by atoms with van der Waals surface area (Å²) in [6.45, 7) is 7.71. The van der Waals surface area contributed by atoms with Gasteiger partial charge in [0.25, 0.3) is 0 Å². The molecule has 3 atom stereocenters. The molecule has 3 nitrogen and oxygen atoms in total. The quantitative estimate of drug-likeness (QED) is 0.516. The van der Waals surface area contributed by atoms with Crippen molar-refractivity contribution in [1.29, 1.82) is 0 Å². The number of hydrogen-bond acceptors (Lipinski definition) is 4. The lowest BCUT2D eigenvalue weighted by Gasteiger charge is -2.48. The minimum absolute atomic E-state index is 0.175. The lowest BCUT2D eigenvalue weighted by atomic mass is 9.68. The Balaban J connectivity index is 2.19. The van der Waals surface area contributed by atoms with Crippen molar-refractivity contribution in [3.05, 3.63) is 12.2 Å². The first-order chi connectivity index (χ1) is 11.0. The second-order valence-corrected chi connectivity index (χ2v) is 8.60. The Morgan fingerprint density at radius 2 is 1.96 bits per heavy atom. The van der Waals surface area contributed by atoms with Crippen LogP contribution in [0.25, 0.3) is 0 Å². The summed E-state index contributed by atoms with van der Waals surface area (Å²) < 4.78 is 11.9. The smallest absolute Gasteiger partial charge is 0.333 e. The van der Waals surface area contributed by atoms with E-state index in [1.807, 2.05) is 11.8 Å². The molecule has 0 spiro atoms. The van der Waals surface area contributed by atoms with Gasteiger partial charge in [0.2, 0.25) is 0 Å². The van der Waals surface area contributed by atoms with Crippen LogP contribution >= 0.6 is 11.8 Å². The second-order valence-electron chi connectivity index (χ2n) is 7.08. The van der Waals surface area contributed by atoms with Gasteiger partial charge in [0.1, 0.15) is 5.60 Å². The van der Waals surface area contributed by atoms with E-state index in [2.05, 4.69) is 13.5 Å². The first kappa shape index (κ1) is 18.9. The highest BCUT2D eigenvalue weighted by atomic mass is 32.2. The van der Waals surface area contributed by atoms with Crippen LogP contribution in [0.4, 0.5) is 0 Å². The van der Waals surface area contributed by atoms with E-state index < -0.39 is 0 Å². The second kappa shape index (κ2) is 8.57. The van der Waals surface area contributed by atoms with E-state index in [1.54, 1.807) is 14.0 Å². The summed E-state index contributed by atoms with van der Waals surface area (Å²) in [6, 6.07) is 0. The molecule has 0 aliphatic heterocycles. The van der Waals surface area contributed by atoms with E-state index in [9.17, 15) is 4.79 Å². The molecule has 132 valence electrons. The van der Waals surface area contributed by atoms with Gasteiger partial charge in [-0.05, 0) is 44.3 Å². The monoisotopic (exact) mass is 340 g/mol. The van der Waals surface area contributed by atoms with E-state index >= 15 is 0 Å². The number of esters is 1. The highest BCUT2D eigenvalue weighted by Crippen LogP contribution is 2.47. The van der Waals surface area contributed by atoms with Gasteiger partial charge in [0.15, 0.2) is 0 Å². The van der Waals surface area contributed by atoms with E-state index in [1.165, 1.54) is 32.1 Å². The number of hydrogen-bond donors (Lipinski definition) is 0. The third-order valence-electron chi connectivity index (χ3n) is 5.49. The van der Waals surface area contributed by atoms with E-state index in [-0.39, 0.29) is 17.7 Å². The maximum Gasteiger partial charge on any atom is 0.333 e. The number of methoxy groups -OCH3 is 1. The molecule has 23 heavy (non-hydrogen) atoms. The normalized spacial score (nSPS) is 32.5. The third-order valence-corrected chi connectivity index (χ3v) is 6.79. The molecule has 2 fully saturated rings. The molecule has 0 aromatic carbocycles. The van der Waals surface area contributed by atoms with Crippen molar-refractivity contribution in [2.75, 3.05) is 12.9 Å². The lowest BCUT2D eigenvalue weighted by Crippen LogP contribution is -2.52. The molecule has 0 amide bonds. The summed E-state index contributed by atoms with van der Waals surface area (Å²) in [4.78, 5) is 12.3. The molecule has 3 unspecified atom stereocenters. The van der Waals surface area contributed by atoms with Crippen molar-refractivity contribution in [1.82, 2.24) is 0 Å². The zero-order valence-electron chi connectivity index (χ0n) is 14.9. The molecular formula is C19H32O3S. The summed E-state index contributed by atoms with van der Waals surface area (Å²) in [5.74, 6) is 1.35. The molecule has 0 heterocycles. The van der Waals surface area contributed by atoms with Gasteiger partial charge in [-0.2, -0.15) is 11.8 Å². The summed E-state index contributed by atoms with van der Waals surface area (Å²) in [5.41, 5.74) is 0.154. The van der Waals surface area contributed by atoms with Gasteiger partial charge in [-0.15, -0.1) is 0 Å². The fourth-order valence-electron chi connectivity index (χ4n) is 4.23. The summed E-state index contributed by atoms with van der Waals surface area (Å²) in [5, 5.41) is 0.519. The molecule has 0 bridgehead atoms. The molecule has 2 rings (SSSR count). The van der Waals surface area contributed by atoms with Gasteiger partial charge >= 0.3 is 5.97 Å². The number of carbonyl (C=O) groups is 1. The van der Waals surface area contributed by atoms with Crippen molar-refractivity contribution >= 4 is 17.7 Å². The molecule has 0 aromatic rings. The highest BCUT2D eigenvalue weighted by Gasteiger charge is 2.49. The van der Waals surface area contributed by atoms with Gasteiger partial charge in [-0.3, -0.25) is 0 Å². The van der Waals surface area contributed by atoms with Gasteiger partial charge < -0.3 is 9.47 Å². The van der Waals surface area contributed by atoms with Crippen molar-refractivity contribution < 1.29 is 14.3 Å². The zero-order chi connectivity index (χ0) is 16.9. The topological polar surface area (TPSA) is 35.5 Å². The van der Waals surface area contributed by atoms with Crippen molar-refractivity contribution in [3.63, 3.8) is 0 Å². The van der Waals surface area contributed by atoms with Gasteiger partial charge in [-0.25, -0.2) is 4.79 Å². The van der Waals surface area contributed by atoms with Crippen molar-refractivity contribution in [2.24, 2.45) is 5.92 Å². The zero-order valence-corrected chi connectivity index (χ0v) is 15.8. The summed E-state index contributed by atoms with van der Waals surface area (Å²) >= 11 is 1.97. The van der Waals surface area contributed by atoms with Crippen molar-refractivity contribution in [2.45, 2.75) is 82.2 Å². The van der Waals surface area contributed by atoms with E-state index in [0.717, 1.165) is 25.0 Å². The Labute approximate surface area is 145 Å². The summed E-state index contributed by atoms with van der Waals surface area (Å²) in [6.07, 6.45) is 9.20. The Bertz CT molecular complexity index is 417. The third kappa shape index (κ3) is 4.54. The number of ether oxygens (including phenoxy) is 2. The molecule has 0 aromatic heterocycles. The maximum absolute atomic E-state index is 12.3. The Morgan fingerprint density at radius 3 is 2.52 bits per heavy atom. The molecule has 2 aliphatic rings. The Kier molecular flexibility index (Phi) is 7.02. The Morgan fingerprint density at radius 1 is 1.26 bits per heavy atom. The van der Waals surface area contributed by atoms with Gasteiger partial charge in [0.05, 0.1) is 6.10 Å². The number of carbonyl (C=O) groups excluding carboxylic acids is 1. The number of thioether (sulfide) groups is 1. The van der Waals surface area contributed by atoms with Gasteiger partial charge in [-0.1, -0.05) is 32.8 Å². The van der Waals surface area contributed by atoms with Gasteiger partial charge in [0, 0.05) is 24.4 Å². The van der Waals surface area contributed by atoms with Crippen LogP contribution in [-0.4, -0.2) is 35.8 Å². The van der Waals surface area contributed by atoms with Crippen LogP contribution in [0.1, 0.15) is 65.2 Å². The Hall–Kier alpha value is -0.480. The van der Waals surface area contributed by atoms with Crippen LogP contribution in [0.3, 0.4) is 0 Å². The SMILES string of the molecule is C=C(C)C(=O)OC1(C2CCCCC2)CCC(SCC)C(OC)C1. The van der Waals surface area contributed by atoms with Crippen LogP contribution < -0.4 is 0 Å². The van der Waals surface area contributed by atoms with Crippen LogP contribution in [0.5, 0.6) is 0 Å². The minimum atomic E-state index is -0.345. The first-order valence-electron chi connectivity index (χ1n) is 9.05. The average molecular weight is 341 g/mol. The predicted molar refractivity (Wildman–Crippen MR) is 96.8 cm³/mol. The van der Waals surface area contributed by atoms with Crippen molar-refractivity contribution in [3.8, 4) is 0 Å². The van der Waals surface area contributed by atoms with E-state index in [0.29, 0.717) is 16.7 Å². The summed E-state index contributed by atoms with van der Waals surface area (Å²) in [7, 11) is 1.80. The predicted octanol–water partition coefficient (Wildman–Crippen LogP) is 4.75. The lowest BCUT2D eigenvalue weighted by molar-refractivity contribution is -0.175. The molecule has 0 saturated heterocycles. The standard InChI is InChI=1S/C19H32O3S/c1-5-23-17-11-12-19(13-16(17)21-4,22-18(20)14(2)3)15-9-7-6-8-10-15/h15-17H,2,5-13H2,1,3-4H3. The largest absolute Gasteiger partial charge is 0.455 e. The average Bonchev–Trinajstić information content (AvgIpc) is 2.57. The highest BCUT2D eigenvalue weighted by molar-refractivity contribution is 7.99. The molecular weight excluding hydrogens is 308 g/mol. The molecule has 0 radical (unpaired) electrons.